The summed E-state index contributed by atoms with van der Waals surface area (Å²) in [6.45, 7) is 2.85. The molecule has 0 aliphatic carbocycles. The molecule has 0 spiro atoms. The van der Waals surface area contributed by atoms with Gasteiger partial charge in [-0.3, -0.25) is 4.79 Å². The zero-order valence-electron chi connectivity index (χ0n) is 16.1. The van der Waals surface area contributed by atoms with Gasteiger partial charge in [0.15, 0.2) is 0 Å². The van der Waals surface area contributed by atoms with Crippen LogP contribution in [-0.4, -0.2) is 38.4 Å². The second-order valence-electron chi connectivity index (χ2n) is 7.39. The molecule has 0 radical (unpaired) electrons. The van der Waals surface area contributed by atoms with Crippen LogP contribution in [0.3, 0.4) is 0 Å². The highest BCUT2D eigenvalue weighted by atomic mass is 32.2. The number of sulfonamides is 1. The summed E-state index contributed by atoms with van der Waals surface area (Å²) in [7, 11) is -3.72. The van der Waals surface area contributed by atoms with Gasteiger partial charge in [0, 0.05) is 25.6 Å². The van der Waals surface area contributed by atoms with Crippen LogP contribution < -0.4 is 4.72 Å². The maximum absolute atomic E-state index is 13.0. The third-order valence-corrected chi connectivity index (χ3v) is 6.75. The second-order valence-corrected chi connectivity index (χ2v) is 9.10. The van der Waals surface area contributed by atoms with E-state index in [4.69, 9.17) is 0 Å². The van der Waals surface area contributed by atoms with Crippen LogP contribution in [0.2, 0.25) is 0 Å². The smallest absolute Gasteiger partial charge is 0.240 e. The minimum absolute atomic E-state index is 0.00154. The molecule has 0 saturated carbocycles. The van der Waals surface area contributed by atoms with Crippen molar-refractivity contribution in [2.24, 2.45) is 0 Å². The number of amides is 1. The number of nitrogens with zero attached hydrogens (tertiary/aromatic N) is 1. The molecule has 1 amide bonds. The molecule has 5 nitrogen and oxygen atoms in total. The highest BCUT2D eigenvalue weighted by Gasteiger charge is 2.27. The van der Waals surface area contributed by atoms with Crippen LogP contribution in [0.15, 0.2) is 53.4 Å². The molecule has 8 heteroatoms. The molecule has 156 valence electrons. The van der Waals surface area contributed by atoms with Crippen molar-refractivity contribution in [1.29, 1.82) is 0 Å². The Morgan fingerprint density at radius 2 is 1.55 bits per heavy atom. The molecular formula is C21H24F2N2O3S. The minimum Gasteiger partial charge on any atom is -0.343 e. The second kappa shape index (κ2) is 9.00. The molecule has 1 heterocycles. The molecule has 1 aliphatic heterocycles. The lowest BCUT2D eigenvalue weighted by Crippen LogP contribution is -2.46. The first-order chi connectivity index (χ1) is 13.7. The van der Waals surface area contributed by atoms with Gasteiger partial charge in [0.1, 0.15) is 11.6 Å². The van der Waals surface area contributed by atoms with Crippen molar-refractivity contribution in [2.75, 3.05) is 13.1 Å². The molecule has 1 fully saturated rings. The van der Waals surface area contributed by atoms with Crippen molar-refractivity contribution < 1.29 is 22.0 Å². The van der Waals surface area contributed by atoms with Crippen LogP contribution in [0, 0.1) is 11.6 Å². The standard InChI is InChI=1S/C21H24F2N2O3S/c1-15(16-2-4-17(22)5-3-16)14-21(26)25-12-10-19(11-13-25)24-29(27,28)20-8-6-18(23)7-9-20/h2-9,15,19,24H,10-14H2,1H3. The van der Waals surface area contributed by atoms with Crippen LogP contribution in [0.5, 0.6) is 0 Å². The van der Waals surface area contributed by atoms with E-state index in [1.165, 1.54) is 24.3 Å². The SMILES string of the molecule is CC(CC(=O)N1CCC(NS(=O)(=O)c2ccc(F)cc2)CC1)c1ccc(F)cc1. The van der Waals surface area contributed by atoms with E-state index in [2.05, 4.69) is 4.72 Å². The Morgan fingerprint density at radius 3 is 2.10 bits per heavy atom. The van der Waals surface area contributed by atoms with Crippen molar-refractivity contribution in [3.63, 3.8) is 0 Å². The number of hydrogen-bond acceptors (Lipinski definition) is 3. The van der Waals surface area contributed by atoms with Gasteiger partial charge in [0.2, 0.25) is 15.9 Å². The van der Waals surface area contributed by atoms with Crippen molar-refractivity contribution >= 4 is 15.9 Å². The molecule has 1 N–H and O–H groups in total. The van der Waals surface area contributed by atoms with Gasteiger partial charge < -0.3 is 4.90 Å². The number of carbonyl (C=O) groups excluding carboxylic acids is 1. The van der Waals surface area contributed by atoms with Crippen molar-refractivity contribution in [2.45, 2.75) is 43.0 Å². The lowest BCUT2D eigenvalue weighted by atomic mass is 9.96. The Balaban J connectivity index is 1.51. The van der Waals surface area contributed by atoms with Gasteiger partial charge in [-0.25, -0.2) is 21.9 Å². The fourth-order valence-corrected chi connectivity index (χ4v) is 4.75. The fraction of sp³-hybridized carbons (Fsp3) is 0.381. The van der Waals surface area contributed by atoms with Gasteiger partial charge in [0.05, 0.1) is 4.90 Å². The number of likely N-dealkylation sites (tertiary alicyclic amines) is 1. The Bertz CT molecular complexity index is 939. The molecule has 2 aromatic rings. The van der Waals surface area contributed by atoms with Gasteiger partial charge in [-0.15, -0.1) is 0 Å². The van der Waals surface area contributed by atoms with E-state index >= 15 is 0 Å². The lowest BCUT2D eigenvalue weighted by molar-refractivity contribution is -0.132. The van der Waals surface area contributed by atoms with Gasteiger partial charge in [-0.2, -0.15) is 0 Å². The zero-order chi connectivity index (χ0) is 21.0. The first kappa shape index (κ1) is 21.4. The quantitative estimate of drug-likeness (QED) is 0.776. The van der Waals surface area contributed by atoms with E-state index < -0.39 is 15.8 Å². The zero-order valence-corrected chi connectivity index (χ0v) is 17.0. The average Bonchev–Trinajstić information content (AvgIpc) is 2.69. The summed E-state index contributed by atoms with van der Waals surface area (Å²) in [5.74, 6) is -0.831. The third-order valence-electron chi connectivity index (χ3n) is 5.21. The molecule has 1 saturated heterocycles. The topological polar surface area (TPSA) is 66.5 Å². The van der Waals surface area contributed by atoms with E-state index in [-0.39, 0.29) is 28.6 Å². The van der Waals surface area contributed by atoms with Crippen LogP contribution in [0.25, 0.3) is 0 Å². The largest absolute Gasteiger partial charge is 0.343 e. The first-order valence-electron chi connectivity index (χ1n) is 9.56. The number of halogens is 2. The van der Waals surface area contributed by atoms with E-state index in [1.54, 1.807) is 17.0 Å². The maximum Gasteiger partial charge on any atom is 0.240 e. The molecule has 1 atom stereocenters. The van der Waals surface area contributed by atoms with Gasteiger partial charge in [-0.1, -0.05) is 19.1 Å². The highest BCUT2D eigenvalue weighted by molar-refractivity contribution is 7.89. The van der Waals surface area contributed by atoms with E-state index in [0.717, 1.165) is 17.7 Å². The van der Waals surface area contributed by atoms with Crippen molar-refractivity contribution in [1.82, 2.24) is 9.62 Å². The van der Waals surface area contributed by atoms with Gasteiger partial charge in [0.25, 0.3) is 0 Å². The predicted molar refractivity (Wildman–Crippen MR) is 106 cm³/mol. The fourth-order valence-electron chi connectivity index (χ4n) is 3.45. The average molecular weight is 422 g/mol. The van der Waals surface area contributed by atoms with Crippen LogP contribution >= 0.6 is 0 Å². The summed E-state index contributed by atoms with van der Waals surface area (Å²) in [4.78, 5) is 14.3. The number of benzene rings is 2. The molecule has 29 heavy (non-hydrogen) atoms. The molecule has 0 aromatic heterocycles. The van der Waals surface area contributed by atoms with E-state index in [1.807, 2.05) is 6.92 Å². The van der Waals surface area contributed by atoms with Crippen LogP contribution in [0.4, 0.5) is 8.78 Å². The number of carbonyl (C=O) groups is 1. The summed E-state index contributed by atoms with van der Waals surface area (Å²) >= 11 is 0. The Hall–Kier alpha value is -2.32. The molecule has 3 rings (SSSR count). The number of rotatable bonds is 6. The Kier molecular flexibility index (Phi) is 6.64. The van der Waals surface area contributed by atoms with Crippen LogP contribution in [0.1, 0.15) is 37.7 Å². The minimum atomic E-state index is -3.72. The number of piperidine rings is 1. The summed E-state index contributed by atoms with van der Waals surface area (Å²) in [6, 6.07) is 10.5. The summed E-state index contributed by atoms with van der Waals surface area (Å²) in [5, 5.41) is 0. The van der Waals surface area contributed by atoms with Crippen molar-refractivity contribution in [3.8, 4) is 0 Å². The van der Waals surface area contributed by atoms with Gasteiger partial charge in [-0.05, 0) is 60.7 Å². The highest BCUT2D eigenvalue weighted by Crippen LogP contribution is 2.22. The number of hydrogen-bond donors (Lipinski definition) is 1. The molecule has 1 unspecified atom stereocenters. The summed E-state index contributed by atoms with van der Waals surface area (Å²) in [6.07, 6.45) is 1.34. The monoisotopic (exact) mass is 422 g/mol. The first-order valence-corrected chi connectivity index (χ1v) is 11.0. The maximum atomic E-state index is 13.0. The van der Waals surface area contributed by atoms with Gasteiger partial charge >= 0.3 is 0 Å². The Labute approximate surface area is 169 Å². The predicted octanol–water partition coefficient (Wildman–Crippen LogP) is 3.43. The van der Waals surface area contributed by atoms with Crippen LogP contribution in [-0.2, 0) is 14.8 Å². The van der Waals surface area contributed by atoms with E-state index in [0.29, 0.717) is 32.4 Å². The summed E-state index contributed by atoms with van der Waals surface area (Å²) in [5.41, 5.74) is 0.904. The lowest BCUT2D eigenvalue weighted by Gasteiger charge is -2.33. The molecular weight excluding hydrogens is 398 g/mol. The Morgan fingerprint density at radius 1 is 1.03 bits per heavy atom. The number of nitrogens with one attached hydrogen (secondary N) is 1. The van der Waals surface area contributed by atoms with Crippen molar-refractivity contribution in [3.05, 3.63) is 65.7 Å². The molecule has 1 aliphatic rings. The third kappa shape index (κ3) is 5.61. The summed E-state index contributed by atoms with van der Waals surface area (Å²) < 4.78 is 53.5. The normalized spacial score (nSPS) is 16.6. The van der Waals surface area contributed by atoms with E-state index in [9.17, 15) is 22.0 Å². The molecule has 0 bridgehead atoms. The molecule has 2 aromatic carbocycles.